The molecule has 25 heavy (non-hydrogen) atoms. The summed E-state index contributed by atoms with van der Waals surface area (Å²) in [5.74, 6) is 0.606. The molecule has 0 radical (unpaired) electrons. The van der Waals surface area contributed by atoms with Gasteiger partial charge in [0, 0.05) is 26.7 Å². The van der Waals surface area contributed by atoms with Gasteiger partial charge in [0.05, 0.1) is 6.54 Å². The molecular formula is C19H28N2O4. The lowest BCUT2D eigenvalue weighted by atomic mass is 10.2. The summed E-state index contributed by atoms with van der Waals surface area (Å²) in [6.07, 6.45) is 2.65. The van der Waals surface area contributed by atoms with Crippen molar-refractivity contribution in [3.05, 3.63) is 42.5 Å². The van der Waals surface area contributed by atoms with Gasteiger partial charge in [0.15, 0.2) is 0 Å². The average Bonchev–Trinajstić information content (AvgIpc) is 2.52. The van der Waals surface area contributed by atoms with Gasteiger partial charge in [-0.1, -0.05) is 24.3 Å². The summed E-state index contributed by atoms with van der Waals surface area (Å²) in [6.45, 7) is 6.40. The normalized spacial score (nSPS) is 11.2. The SMILES string of the molecule is CN(C)C(=O)/C=C/CN(CCOc1ccccc1)C(=O)OC(C)(C)C. The zero-order chi connectivity index (χ0) is 18.9. The van der Waals surface area contributed by atoms with Crippen LogP contribution < -0.4 is 4.74 Å². The summed E-state index contributed by atoms with van der Waals surface area (Å²) in [4.78, 5) is 26.9. The molecule has 0 N–H and O–H groups in total. The molecule has 0 bridgehead atoms. The number of carbonyl (C=O) groups excluding carboxylic acids is 2. The van der Waals surface area contributed by atoms with Crippen LogP contribution in [-0.4, -0.2) is 61.2 Å². The molecule has 1 rings (SSSR count). The highest BCUT2D eigenvalue weighted by atomic mass is 16.6. The molecule has 0 fully saturated rings. The average molecular weight is 348 g/mol. The lowest BCUT2D eigenvalue weighted by Gasteiger charge is -2.26. The summed E-state index contributed by atoms with van der Waals surface area (Å²) in [6, 6.07) is 9.39. The number of likely N-dealkylation sites (N-methyl/N-ethyl adjacent to an activating group) is 1. The number of hydrogen-bond donors (Lipinski definition) is 0. The van der Waals surface area contributed by atoms with E-state index in [1.807, 2.05) is 51.1 Å². The van der Waals surface area contributed by atoms with Crippen LogP contribution >= 0.6 is 0 Å². The smallest absolute Gasteiger partial charge is 0.410 e. The Morgan fingerprint density at radius 2 is 1.76 bits per heavy atom. The van der Waals surface area contributed by atoms with Crippen molar-refractivity contribution < 1.29 is 19.1 Å². The van der Waals surface area contributed by atoms with Crippen molar-refractivity contribution in [2.45, 2.75) is 26.4 Å². The van der Waals surface area contributed by atoms with Crippen molar-refractivity contribution in [3.8, 4) is 5.75 Å². The minimum atomic E-state index is -0.585. The number of carbonyl (C=O) groups is 2. The van der Waals surface area contributed by atoms with Gasteiger partial charge >= 0.3 is 6.09 Å². The standard InChI is InChI=1S/C19H28N2O4/c1-19(2,3)25-18(23)21(13-9-12-17(22)20(4)5)14-15-24-16-10-7-6-8-11-16/h6-12H,13-15H2,1-5H3/b12-9+. The molecule has 1 aromatic rings. The molecule has 0 spiro atoms. The Hall–Kier alpha value is -2.50. The predicted molar refractivity (Wildman–Crippen MR) is 97.6 cm³/mol. The Labute approximate surface area is 150 Å². The van der Waals surface area contributed by atoms with Crippen LogP contribution in [0.15, 0.2) is 42.5 Å². The first-order valence-corrected chi connectivity index (χ1v) is 8.22. The van der Waals surface area contributed by atoms with E-state index in [2.05, 4.69) is 0 Å². The second-order valence-corrected chi connectivity index (χ2v) is 6.72. The topological polar surface area (TPSA) is 59.1 Å². The van der Waals surface area contributed by atoms with Gasteiger partial charge in [0.25, 0.3) is 0 Å². The van der Waals surface area contributed by atoms with Gasteiger partial charge in [-0.2, -0.15) is 0 Å². The summed E-state index contributed by atoms with van der Waals surface area (Å²) < 4.78 is 11.0. The van der Waals surface area contributed by atoms with E-state index >= 15 is 0 Å². The molecule has 0 saturated heterocycles. The van der Waals surface area contributed by atoms with Crippen molar-refractivity contribution in [3.63, 3.8) is 0 Å². The Morgan fingerprint density at radius 3 is 2.32 bits per heavy atom. The number of hydrogen-bond acceptors (Lipinski definition) is 4. The molecule has 0 aliphatic carbocycles. The fourth-order valence-electron chi connectivity index (χ4n) is 1.80. The van der Waals surface area contributed by atoms with E-state index in [1.165, 1.54) is 15.9 Å². The predicted octanol–water partition coefficient (Wildman–Crippen LogP) is 2.95. The van der Waals surface area contributed by atoms with Gasteiger partial charge in [-0.15, -0.1) is 0 Å². The van der Waals surface area contributed by atoms with Gasteiger partial charge in [-0.05, 0) is 32.9 Å². The number of para-hydroxylation sites is 1. The quantitative estimate of drug-likeness (QED) is 0.711. The maximum atomic E-state index is 12.3. The molecule has 0 aliphatic heterocycles. The number of rotatable bonds is 7. The molecular weight excluding hydrogens is 320 g/mol. The van der Waals surface area contributed by atoms with Gasteiger partial charge in [0.2, 0.25) is 5.91 Å². The molecule has 1 aromatic carbocycles. The molecule has 0 heterocycles. The van der Waals surface area contributed by atoms with Crippen LogP contribution in [0.3, 0.4) is 0 Å². The molecule has 0 atom stereocenters. The second-order valence-electron chi connectivity index (χ2n) is 6.72. The van der Waals surface area contributed by atoms with Crippen LogP contribution in [0.25, 0.3) is 0 Å². The van der Waals surface area contributed by atoms with E-state index in [0.29, 0.717) is 13.2 Å². The molecule has 6 nitrogen and oxygen atoms in total. The van der Waals surface area contributed by atoms with Gasteiger partial charge in [-0.3, -0.25) is 4.79 Å². The summed E-state index contributed by atoms with van der Waals surface area (Å²) in [5, 5.41) is 0. The van der Waals surface area contributed by atoms with Crippen LogP contribution in [0.5, 0.6) is 5.75 Å². The van der Waals surface area contributed by atoms with Crippen LogP contribution in [0, 0.1) is 0 Å². The Kier molecular flexibility index (Phi) is 7.98. The molecule has 0 aliphatic rings. The third kappa shape index (κ3) is 8.79. The molecule has 6 heteroatoms. The van der Waals surface area contributed by atoms with E-state index in [0.717, 1.165) is 5.75 Å². The highest BCUT2D eigenvalue weighted by Crippen LogP contribution is 2.11. The second kappa shape index (κ2) is 9.71. The van der Waals surface area contributed by atoms with Crippen LogP contribution in [0.4, 0.5) is 4.79 Å². The highest BCUT2D eigenvalue weighted by molar-refractivity contribution is 5.87. The van der Waals surface area contributed by atoms with Crippen molar-refractivity contribution in [1.82, 2.24) is 9.80 Å². The number of benzene rings is 1. The van der Waals surface area contributed by atoms with Crippen molar-refractivity contribution in [2.24, 2.45) is 0 Å². The first kappa shape index (κ1) is 20.5. The first-order valence-electron chi connectivity index (χ1n) is 8.22. The lowest BCUT2D eigenvalue weighted by Crippen LogP contribution is -2.39. The van der Waals surface area contributed by atoms with Gasteiger partial charge in [-0.25, -0.2) is 4.79 Å². The summed E-state index contributed by atoms with van der Waals surface area (Å²) in [7, 11) is 3.35. The molecule has 0 unspecified atom stereocenters. The number of nitrogens with zero attached hydrogens (tertiary/aromatic N) is 2. The first-order chi connectivity index (χ1) is 11.7. The van der Waals surface area contributed by atoms with E-state index in [9.17, 15) is 9.59 Å². The van der Waals surface area contributed by atoms with Gasteiger partial charge in [0.1, 0.15) is 18.0 Å². The molecule has 0 saturated carbocycles. The minimum Gasteiger partial charge on any atom is -0.492 e. The Morgan fingerprint density at radius 1 is 1.12 bits per heavy atom. The minimum absolute atomic E-state index is 0.135. The largest absolute Gasteiger partial charge is 0.492 e. The fraction of sp³-hybridized carbons (Fsp3) is 0.474. The number of amides is 2. The molecule has 138 valence electrons. The van der Waals surface area contributed by atoms with Crippen molar-refractivity contribution in [1.29, 1.82) is 0 Å². The lowest BCUT2D eigenvalue weighted by molar-refractivity contribution is -0.123. The third-order valence-electron chi connectivity index (χ3n) is 3.05. The Bertz CT molecular complexity index is 577. The number of ether oxygens (including phenoxy) is 2. The van der Waals surface area contributed by atoms with Gasteiger partial charge < -0.3 is 19.3 Å². The van der Waals surface area contributed by atoms with Crippen LogP contribution in [-0.2, 0) is 9.53 Å². The van der Waals surface area contributed by atoms with Crippen molar-refractivity contribution >= 4 is 12.0 Å². The Balaban J connectivity index is 2.63. The highest BCUT2D eigenvalue weighted by Gasteiger charge is 2.21. The van der Waals surface area contributed by atoms with E-state index in [-0.39, 0.29) is 12.5 Å². The summed E-state index contributed by atoms with van der Waals surface area (Å²) in [5.41, 5.74) is -0.585. The van der Waals surface area contributed by atoms with E-state index in [1.54, 1.807) is 20.2 Å². The fourth-order valence-corrected chi connectivity index (χ4v) is 1.80. The zero-order valence-corrected chi connectivity index (χ0v) is 15.7. The molecule has 0 aromatic heterocycles. The van der Waals surface area contributed by atoms with E-state index < -0.39 is 11.7 Å². The maximum Gasteiger partial charge on any atom is 0.410 e. The van der Waals surface area contributed by atoms with Crippen molar-refractivity contribution in [2.75, 3.05) is 33.8 Å². The zero-order valence-electron chi connectivity index (χ0n) is 15.7. The van der Waals surface area contributed by atoms with Crippen LogP contribution in [0.2, 0.25) is 0 Å². The maximum absolute atomic E-state index is 12.3. The summed E-state index contributed by atoms with van der Waals surface area (Å²) >= 11 is 0. The van der Waals surface area contributed by atoms with E-state index in [4.69, 9.17) is 9.47 Å². The third-order valence-corrected chi connectivity index (χ3v) is 3.05. The van der Waals surface area contributed by atoms with Crippen LogP contribution in [0.1, 0.15) is 20.8 Å². The monoisotopic (exact) mass is 348 g/mol. The molecule has 2 amide bonds.